The molecule has 0 bridgehead atoms. The first-order valence-electron chi connectivity index (χ1n) is 4.84. The molecule has 2 heterocycles. The lowest BCUT2D eigenvalue weighted by Crippen LogP contribution is -2.41. The smallest absolute Gasteiger partial charge is 0.0158 e. The maximum Gasteiger partial charge on any atom is 0.0158 e. The van der Waals surface area contributed by atoms with Crippen LogP contribution in [0.15, 0.2) is 0 Å². The van der Waals surface area contributed by atoms with Gasteiger partial charge in [0.25, 0.3) is 0 Å². The SMILES string of the molecule is CSN1CCC2(CCCNC2)C1. The van der Waals surface area contributed by atoms with Crippen molar-refractivity contribution in [3.8, 4) is 0 Å². The summed E-state index contributed by atoms with van der Waals surface area (Å²) in [6, 6.07) is 0. The Balaban J connectivity index is 1.94. The summed E-state index contributed by atoms with van der Waals surface area (Å²) >= 11 is 1.91. The standard InChI is InChI=1S/C9H18N2S/c1-12-11-6-4-9(8-11)3-2-5-10-7-9/h10H,2-8H2,1H3. The van der Waals surface area contributed by atoms with Gasteiger partial charge < -0.3 is 5.32 Å². The lowest BCUT2D eigenvalue weighted by atomic mass is 9.80. The molecule has 1 atom stereocenters. The minimum Gasteiger partial charge on any atom is -0.316 e. The van der Waals surface area contributed by atoms with Gasteiger partial charge in [-0.15, -0.1) is 0 Å². The summed E-state index contributed by atoms with van der Waals surface area (Å²) in [6.07, 6.45) is 6.41. The van der Waals surface area contributed by atoms with E-state index in [1.54, 1.807) is 0 Å². The first kappa shape index (κ1) is 8.85. The Hall–Kier alpha value is 0.270. The van der Waals surface area contributed by atoms with Crippen LogP contribution in [0.25, 0.3) is 0 Å². The maximum atomic E-state index is 3.53. The van der Waals surface area contributed by atoms with E-state index in [-0.39, 0.29) is 0 Å². The highest BCUT2D eigenvalue weighted by Gasteiger charge is 2.38. The maximum absolute atomic E-state index is 3.53. The number of nitrogens with one attached hydrogen (secondary N) is 1. The molecule has 2 rings (SSSR count). The van der Waals surface area contributed by atoms with Crippen LogP contribution in [-0.4, -0.2) is 36.7 Å². The molecular weight excluding hydrogens is 168 g/mol. The van der Waals surface area contributed by atoms with E-state index < -0.39 is 0 Å². The van der Waals surface area contributed by atoms with Gasteiger partial charge in [-0.05, 0) is 37.5 Å². The van der Waals surface area contributed by atoms with Gasteiger partial charge in [-0.1, -0.05) is 11.9 Å². The Bertz CT molecular complexity index is 155. The fourth-order valence-electron chi connectivity index (χ4n) is 2.43. The number of rotatable bonds is 1. The van der Waals surface area contributed by atoms with Crippen molar-refractivity contribution in [2.75, 3.05) is 32.4 Å². The average Bonchev–Trinajstić information content (AvgIpc) is 2.50. The number of piperidine rings is 1. The Morgan fingerprint density at radius 3 is 2.92 bits per heavy atom. The Morgan fingerprint density at radius 1 is 1.42 bits per heavy atom. The van der Waals surface area contributed by atoms with Gasteiger partial charge in [0.1, 0.15) is 0 Å². The first-order chi connectivity index (χ1) is 5.85. The molecule has 0 aromatic carbocycles. The predicted octanol–water partition coefficient (Wildman–Crippen LogP) is 1.34. The summed E-state index contributed by atoms with van der Waals surface area (Å²) in [5.74, 6) is 0. The van der Waals surface area contributed by atoms with Crippen molar-refractivity contribution in [2.45, 2.75) is 19.3 Å². The van der Waals surface area contributed by atoms with Gasteiger partial charge in [0, 0.05) is 19.6 Å². The van der Waals surface area contributed by atoms with Gasteiger partial charge in [0.05, 0.1) is 0 Å². The van der Waals surface area contributed by atoms with E-state index in [2.05, 4.69) is 15.9 Å². The molecule has 1 unspecified atom stereocenters. The second-order valence-electron chi connectivity index (χ2n) is 4.08. The molecule has 2 aliphatic heterocycles. The molecule has 0 aromatic rings. The van der Waals surface area contributed by atoms with Crippen molar-refractivity contribution in [1.29, 1.82) is 0 Å². The van der Waals surface area contributed by atoms with Crippen LogP contribution in [0.3, 0.4) is 0 Å². The lowest BCUT2D eigenvalue weighted by Gasteiger charge is -2.33. The third kappa shape index (κ3) is 1.63. The van der Waals surface area contributed by atoms with Crippen molar-refractivity contribution in [2.24, 2.45) is 5.41 Å². The summed E-state index contributed by atoms with van der Waals surface area (Å²) in [5, 5.41) is 3.53. The molecule has 0 saturated carbocycles. The zero-order valence-electron chi connectivity index (χ0n) is 7.81. The molecule has 1 N–H and O–H groups in total. The van der Waals surface area contributed by atoms with Crippen molar-refractivity contribution >= 4 is 11.9 Å². The molecule has 2 fully saturated rings. The second-order valence-corrected chi connectivity index (χ2v) is 4.96. The van der Waals surface area contributed by atoms with Gasteiger partial charge in [-0.2, -0.15) is 0 Å². The highest BCUT2D eigenvalue weighted by Crippen LogP contribution is 2.38. The van der Waals surface area contributed by atoms with Crippen LogP contribution in [0.2, 0.25) is 0 Å². The number of nitrogens with zero attached hydrogens (tertiary/aromatic N) is 1. The van der Waals surface area contributed by atoms with Gasteiger partial charge in [-0.3, -0.25) is 4.31 Å². The van der Waals surface area contributed by atoms with E-state index in [1.807, 2.05) is 11.9 Å². The predicted molar refractivity (Wildman–Crippen MR) is 54.2 cm³/mol. The molecule has 2 aliphatic rings. The fourth-order valence-corrected chi connectivity index (χ4v) is 3.11. The third-order valence-electron chi connectivity index (χ3n) is 3.22. The van der Waals surface area contributed by atoms with Crippen molar-refractivity contribution in [3.63, 3.8) is 0 Å². The molecule has 70 valence electrons. The highest BCUT2D eigenvalue weighted by atomic mass is 32.2. The third-order valence-corrected chi connectivity index (χ3v) is 4.05. The summed E-state index contributed by atoms with van der Waals surface area (Å²) in [4.78, 5) is 0. The highest BCUT2D eigenvalue weighted by molar-refractivity contribution is 7.96. The number of hydrogen-bond acceptors (Lipinski definition) is 3. The fraction of sp³-hybridized carbons (Fsp3) is 1.00. The molecule has 0 aliphatic carbocycles. The minimum absolute atomic E-state index is 0.640. The van der Waals surface area contributed by atoms with Crippen molar-refractivity contribution < 1.29 is 0 Å². The monoisotopic (exact) mass is 186 g/mol. The Labute approximate surface area is 79.2 Å². The van der Waals surface area contributed by atoms with Crippen LogP contribution >= 0.6 is 11.9 Å². The number of hydrogen-bond donors (Lipinski definition) is 1. The molecule has 0 amide bonds. The molecular formula is C9H18N2S. The zero-order valence-corrected chi connectivity index (χ0v) is 8.62. The minimum atomic E-state index is 0.640. The molecule has 0 aromatic heterocycles. The zero-order chi connectivity index (χ0) is 8.44. The van der Waals surface area contributed by atoms with Crippen LogP contribution in [0.5, 0.6) is 0 Å². The van der Waals surface area contributed by atoms with Gasteiger partial charge in [0.15, 0.2) is 0 Å². The normalized spacial score (nSPS) is 37.8. The van der Waals surface area contributed by atoms with Gasteiger partial charge in [-0.25, -0.2) is 0 Å². The van der Waals surface area contributed by atoms with Crippen LogP contribution < -0.4 is 5.32 Å². The molecule has 2 saturated heterocycles. The lowest BCUT2D eigenvalue weighted by molar-refractivity contribution is 0.227. The Morgan fingerprint density at radius 2 is 2.33 bits per heavy atom. The van der Waals surface area contributed by atoms with Crippen LogP contribution in [0.1, 0.15) is 19.3 Å². The van der Waals surface area contributed by atoms with Crippen molar-refractivity contribution in [3.05, 3.63) is 0 Å². The molecule has 0 radical (unpaired) electrons. The largest absolute Gasteiger partial charge is 0.316 e. The Kier molecular flexibility index (Phi) is 2.63. The summed E-state index contributed by atoms with van der Waals surface area (Å²) < 4.78 is 2.51. The molecule has 2 nitrogen and oxygen atoms in total. The first-order valence-corrected chi connectivity index (χ1v) is 6.03. The summed E-state index contributed by atoms with van der Waals surface area (Å²) in [6.45, 7) is 5.09. The van der Waals surface area contributed by atoms with E-state index in [1.165, 1.54) is 45.4 Å². The van der Waals surface area contributed by atoms with Crippen LogP contribution in [0.4, 0.5) is 0 Å². The van der Waals surface area contributed by atoms with E-state index in [0.717, 1.165) is 0 Å². The molecule has 1 spiro atoms. The molecule has 3 heteroatoms. The summed E-state index contributed by atoms with van der Waals surface area (Å²) in [7, 11) is 0. The average molecular weight is 186 g/mol. The second kappa shape index (κ2) is 3.56. The van der Waals surface area contributed by atoms with E-state index in [9.17, 15) is 0 Å². The van der Waals surface area contributed by atoms with E-state index in [0.29, 0.717) is 5.41 Å². The topological polar surface area (TPSA) is 15.3 Å². The van der Waals surface area contributed by atoms with Crippen LogP contribution in [-0.2, 0) is 0 Å². The van der Waals surface area contributed by atoms with E-state index in [4.69, 9.17) is 0 Å². The quantitative estimate of drug-likeness (QED) is 0.622. The molecule has 12 heavy (non-hydrogen) atoms. The van der Waals surface area contributed by atoms with Gasteiger partial charge >= 0.3 is 0 Å². The van der Waals surface area contributed by atoms with Crippen molar-refractivity contribution in [1.82, 2.24) is 9.62 Å². The summed E-state index contributed by atoms with van der Waals surface area (Å²) in [5.41, 5.74) is 0.640. The van der Waals surface area contributed by atoms with E-state index >= 15 is 0 Å². The van der Waals surface area contributed by atoms with Gasteiger partial charge in [0.2, 0.25) is 0 Å². The van der Waals surface area contributed by atoms with Crippen LogP contribution in [0, 0.1) is 5.41 Å².